The van der Waals surface area contributed by atoms with Crippen LogP contribution in [0.4, 0.5) is 4.79 Å². The van der Waals surface area contributed by atoms with E-state index in [0.29, 0.717) is 19.8 Å². The zero-order chi connectivity index (χ0) is 16.8. The summed E-state index contributed by atoms with van der Waals surface area (Å²) in [4.78, 5) is 11.0. The lowest BCUT2D eigenvalue weighted by atomic mass is 10.3. The van der Waals surface area contributed by atoms with E-state index < -0.39 is 6.16 Å². The molecule has 0 aliphatic carbocycles. The van der Waals surface area contributed by atoms with E-state index in [2.05, 4.69) is 17.9 Å². The Bertz CT molecular complexity index is 468. The summed E-state index contributed by atoms with van der Waals surface area (Å²) < 4.78 is 25.5. The van der Waals surface area contributed by atoms with Crippen molar-refractivity contribution in [3.05, 3.63) is 49.6 Å². The van der Waals surface area contributed by atoms with Crippen molar-refractivity contribution in [1.29, 1.82) is 0 Å². The highest BCUT2D eigenvalue weighted by atomic mass is 16.7. The number of carbonyl (C=O) groups is 1. The van der Waals surface area contributed by atoms with E-state index in [0.717, 1.165) is 11.5 Å². The standard InChI is InChI=1S/C17H22O6/c1-3-9-20-15-5-7-16(8-6-15)21-13-11-19-12-14-23-17(18)22-10-4-2/h3-8H,1-2,9-14H2. The lowest BCUT2D eigenvalue weighted by molar-refractivity contribution is 0.0260. The number of hydrogen-bond acceptors (Lipinski definition) is 6. The summed E-state index contributed by atoms with van der Waals surface area (Å²) in [7, 11) is 0. The molecule has 6 heteroatoms. The first-order valence-corrected chi connectivity index (χ1v) is 7.21. The molecule has 6 nitrogen and oxygen atoms in total. The smallest absolute Gasteiger partial charge is 0.491 e. The van der Waals surface area contributed by atoms with E-state index in [1.165, 1.54) is 6.08 Å². The van der Waals surface area contributed by atoms with E-state index in [1.54, 1.807) is 6.08 Å². The van der Waals surface area contributed by atoms with E-state index in [-0.39, 0.29) is 19.8 Å². The lowest BCUT2D eigenvalue weighted by Gasteiger charge is -2.08. The maximum Gasteiger partial charge on any atom is 0.508 e. The van der Waals surface area contributed by atoms with Crippen LogP contribution in [0.1, 0.15) is 0 Å². The molecule has 0 saturated carbocycles. The highest BCUT2D eigenvalue weighted by molar-refractivity contribution is 5.59. The predicted molar refractivity (Wildman–Crippen MR) is 85.9 cm³/mol. The van der Waals surface area contributed by atoms with Gasteiger partial charge in [-0.15, -0.1) is 0 Å². The molecular weight excluding hydrogens is 300 g/mol. The van der Waals surface area contributed by atoms with Gasteiger partial charge in [-0.1, -0.05) is 25.3 Å². The van der Waals surface area contributed by atoms with E-state index in [1.807, 2.05) is 24.3 Å². The molecule has 0 amide bonds. The van der Waals surface area contributed by atoms with Gasteiger partial charge in [0.15, 0.2) is 0 Å². The zero-order valence-corrected chi connectivity index (χ0v) is 13.1. The summed E-state index contributed by atoms with van der Waals surface area (Å²) in [5.41, 5.74) is 0. The molecule has 1 rings (SSSR count). The first-order chi connectivity index (χ1) is 11.3. The van der Waals surface area contributed by atoms with Gasteiger partial charge in [-0.05, 0) is 24.3 Å². The Morgan fingerprint density at radius 1 is 0.826 bits per heavy atom. The Hall–Kier alpha value is -2.47. The third kappa shape index (κ3) is 9.21. The third-order valence-corrected chi connectivity index (χ3v) is 2.45. The first kappa shape index (κ1) is 18.6. The monoisotopic (exact) mass is 322 g/mol. The molecule has 0 fully saturated rings. The van der Waals surface area contributed by atoms with Gasteiger partial charge in [0.25, 0.3) is 0 Å². The molecule has 0 unspecified atom stereocenters. The van der Waals surface area contributed by atoms with Crippen LogP contribution in [0.3, 0.4) is 0 Å². The summed E-state index contributed by atoms with van der Waals surface area (Å²) >= 11 is 0. The number of ether oxygens (including phenoxy) is 5. The van der Waals surface area contributed by atoms with Gasteiger partial charge < -0.3 is 23.7 Å². The molecule has 1 aromatic rings. The molecule has 0 radical (unpaired) electrons. The van der Waals surface area contributed by atoms with Crippen molar-refractivity contribution >= 4 is 6.16 Å². The van der Waals surface area contributed by atoms with Crippen LogP contribution in [0, 0.1) is 0 Å². The fourth-order valence-corrected chi connectivity index (χ4v) is 1.46. The number of benzene rings is 1. The van der Waals surface area contributed by atoms with Gasteiger partial charge in [-0.3, -0.25) is 0 Å². The van der Waals surface area contributed by atoms with Crippen LogP contribution in [-0.4, -0.2) is 45.8 Å². The summed E-state index contributed by atoms with van der Waals surface area (Å²) in [6.45, 7) is 8.80. The van der Waals surface area contributed by atoms with Crippen molar-refractivity contribution in [2.24, 2.45) is 0 Å². The second-order valence-corrected chi connectivity index (χ2v) is 4.23. The maximum absolute atomic E-state index is 11.0. The van der Waals surface area contributed by atoms with Crippen LogP contribution in [-0.2, 0) is 14.2 Å². The van der Waals surface area contributed by atoms with Crippen LogP contribution in [0.25, 0.3) is 0 Å². The predicted octanol–water partition coefficient (Wildman–Crippen LogP) is 2.99. The molecule has 0 spiro atoms. The van der Waals surface area contributed by atoms with Crippen molar-refractivity contribution in [2.45, 2.75) is 0 Å². The average Bonchev–Trinajstić information content (AvgIpc) is 2.58. The summed E-state index contributed by atoms with van der Waals surface area (Å²) in [5.74, 6) is 1.48. The van der Waals surface area contributed by atoms with Crippen molar-refractivity contribution in [2.75, 3.05) is 39.6 Å². The first-order valence-electron chi connectivity index (χ1n) is 7.21. The fraction of sp³-hybridized carbons (Fsp3) is 0.353. The molecule has 23 heavy (non-hydrogen) atoms. The van der Waals surface area contributed by atoms with Gasteiger partial charge >= 0.3 is 6.16 Å². The molecule has 0 atom stereocenters. The third-order valence-electron chi connectivity index (χ3n) is 2.45. The maximum atomic E-state index is 11.0. The minimum Gasteiger partial charge on any atom is -0.491 e. The van der Waals surface area contributed by atoms with Gasteiger partial charge in [-0.25, -0.2) is 4.79 Å². The van der Waals surface area contributed by atoms with Gasteiger partial charge in [0, 0.05) is 0 Å². The Kier molecular flexibility index (Phi) is 9.78. The van der Waals surface area contributed by atoms with Crippen molar-refractivity contribution < 1.29 is 28.5 Å². The Labute approximate surface area is 136 Å². The largest absolute Gasteiger partial charge is 0.508 e. The molecule has 0 N–H and O–H groups in total. The van der Waals surface area contributed by atoms with Gasteiger partial charge in [-0.2, -0.15) is 0 Å². The minimum absolute atomic E-state index is 0.130. The summed E-state index contributed by atoms with van der Waals surface area (Å²) in [6, 6.07) is 7.28. The zero-order valence-electron chi connectivity index (χ0n) is 13.1. The van der Waals surface area contributed by atoms with Crippen molar-refractivity contribution in [3.8, 4) is 11.5 Å². The molecule has 0 aliphatic rings. The Morgan fingerprint density at radius 3 is 2.09 bits per heavy atom. The molecule has 0 saturated heterocycles. The molecule has 126 valence electrons. The van der Waals surface area contributed by atoms with Gasteiger partial charge in [0.2, 0.25) is 0 Å². The van der Waals surface area contributed by atoms with Crippen LogP contribution < -0.4 is 9.47 Å². The van der Waals surface area contributed by atoms with Crippen molar-refractivity contribution in [1.82, 2.24) is 0 Å². The molecular formula is C17H22O6. The van der Waals surface area contributed by atoms with Crippen LogP contribution >= 0.6 is 0 Å². The molecule has 1 aromatic carbocycles. The van der Waals surface area contributed by atoms with Crippen molar-refractivity contribution in [3.63, 3.8) is 0 Å². The molecule has 0 bridgehead atoms. The average molecular weight is 322 g/mol. The van der Waals surface area contributed by atoms with Crippen LogP contribution in [0.5, 0.6) is 11.5 Å². The Balaban J connectivity index is 2.03. The summed E-state index contributed by atoms with van der Waals surface area (Å²) in [5, 5.41) is 0. The quantitative estimate of drug-likeness (QED) is 0.335. The Morgan fingerprint density at radius 2 is 1.43 bits per heavy atom. The van der Waals surface area contributed by atoms with Crippen LogP contribution in [0.15, 0.2) is 49.6 Å². The normalized spacial score (nSPS) is 9.74. The SMILES string of the molecule is C=CCOC(=O)OCCOCCOc1ccc(OCC=C)cc1. The van der Waals surface area contributed by atoms with E-state index in [9.17, 15) is 4.79 Å². The number of rotatable bonds is 12. The molecule has 0 aromatic heterocycles. The second-order valence-electron chi connectivity index (χ2n) is 4.23. The lowest BCUT2D eigenvalue weighted by Crippen LogP contribution is -2.14. The topological polar surface area (TPSA) is 63.2 Å². The van der Waals surface area contributed by atoms with Gasteiger partial charge in [0.1, 0.15) is 37.9 Å². The fourth-order valence-electron chi connectivity index (χ4n) is 1.46. The highest BCUT2D eigenvalue weighted by Gasteiger charge is 2.01. The van der Waals surface area contributed by atoms with E-state index >= 15 is 0 Å². The second kappa shape index (κ2) is 12.1. The molecule has 0 aliphatic heterocycles. The van der Waals surface area contributed by atoms with E-state index in [4.69, 9.17) is 18.9 Å². The number of hydrogen-bond donors (Lipinski definition) is 0. The summed E-state index contributed by atoms with van der Waals surface area (Å²) in [6.07, 6.45) is 2.42. The van der Waals surface area contributed by atoms with Crippen LogP contribution in [0.2, 0.25) is 0 Å². The highest BCUT2D eigenvalue weighted by Crippen LogP contribution is 2.17. The minimum atomic E-state index is -0.733. The number of carbonyl (C=O) groups excluding carboxylic acids is 1. The molecule has 0 heterocycles. The van der Waals surface area contributed by atoms with Gasteiger partial charge in [0.05, 0.1) is 13.2 Å².